The molecule has 0 radical (unpaired) electrons. The first-order valence-corrected chi connectivity index (χ1v) is 18.1. The maximum Gasteiger partial charge on any atom is 0.386 e. The summed E-state index contributed by atoms with van der Waals surface area (Å²) in [5.74, 6) is -0.0973. The first kappa shape index (κ1) is 30.1. The second kappa shape index (κ2) is 11.0. The number of H-pyrrole nitrogens is 1. The molecule has 24 heteroatoms. The highest BCUT2D eigenvalue weighted by Crippen LogP contribution is 2.58. The van der Waals surface area contributed by atoms with E-state index in [2.05, 4.69) is 42.2 Å². The van der Waals surface area contributed by atoms with E-state index in [4.69, 9.17) is 50.8 Å². The monoisotopic (exact) mass is 692 g/mol. The molecule has 7 heterocycles. The van der Waals surface area contributed by atoms with Gasteiger partial charge in [0.25, 0.3) is 5.56 Å². The number of halogens is 1. The van der Waals surface area contributed by atoms with Crippen LogP contribution in [0.15, 0.2) is 23.8 Å². The van der Waals surface area contributed by atoms with E-state index in [9.17, 15) is 14.3 Å². The topological polar surface area (TPSA) is 252 Å². The Kier molecular flexibility index (Phi) is 7.53. The van der Waals surface area contributed by atoms with Crippen LogP contribution in [-0.4, -0.2) is 87.7 Å². The van der Waals surface area contributed by atoms with Crippen molar-refractivity contribution in [1.82, 2.24) is 39.0 Å². The maximum atomic E-state index is 16.0. The van der Waals surface area contributed by atoms with E-state index in [-0.39, 0.29) is 47.1 Å². The van der Waals surface area contributed by atoms with Gasteiger partial charge in [0.1, 0.15) is 30.2 Å². The van der Waals surface area contributed by atoms with Crippen LogP contribution in [0.3, 0.4) is 0 Å². The highest BCUT2D eigenvalue weighted by atomic mass is 32.7. The normalized spacial score (nSPS) is 36.6. The number of imidazole rings is 2. The lowest BCUT2D eigenvalue weighted by molar-refractivity contribution is -0.0575. The van der Waals surface area contributed by atoms with Crippen LogP contribution in [0, 0.1) is 0 Å². The zero-order valence-corrected chi connectivity index (χ0v) is 25.5. The largest absolute Gasteiger partial charge is 0.386 e. The molecule has 4 aromatic heterocycles. The first-order chi connectivity index (χ1) is 20.9. The third-order valence-electron chi connectivity index (χ3n) is 7.15. The van der Waals surface area contributed by atoms with Gasteiger partial charge in [-0.05, 0) is 11.8 Å². The molecule has 0 aliphatic carbocycles. The number of rotatable bonds is 2. The standard InChI is InChI=1S/C20H23FN10O9P2S2/c21-10-13-9(38-19(10)30-5-26-11-14(22)24-4-25-15(11)30)3-36-41(33,43)39-8-1-7(2-35-42(34,44)40-13)37-18(8)31-6-27-12-16(31)28-20(23)29-17(12)32/h4-10,13,18-19H,1-3H2,(H,33,43)(H,34,44)(H2,22,24,25)(H3,23,28,29,32)/t7-,8?,9+,10?,13?,18+,19+,41?,42?/m0/s1. The second-order valence-electron chi connectivity index (χ2n) is 9.99. The van der Waals surface area contributed by atoms with E-state index >= 15 is 4.39 Å². The Morgan fingerprint density at radius 3 is 2.57 bits per heavy atom. The summed E-state index contributed by atoms with van der Waals surface area (Å²) in [4.78, 5) is 45.9. The molecule has 9 atom stereocenters. The molecule has 19 nitrogen and oxygen atoms in total. The molecule has 3 aliphatic heterocycles. The zero-order chi connectivity index (χ0) is 31.0. The Bertz CT molecular complexity index is 1910. The molecule has 7 rings (SSSR count). The summed E-state index contributed by atoms with van der Waals surface area (Å²) in [6, 6.07) is 0. The van der Waals surface area contributed by atoms with Gasteiger partial charge in [-0.15, -0.1) is 0 Å². The number of alkyl halides is 1. The van der Waals surface area contributed by atoms with Crippen LogP contribution in [0.4, 0.5) is 16.2 Å². The zero-order valence-electron chi connectivity index (χ0n) is 22.0. The third kappa shape index (κ3) is 5.43. The van der Waals surface area contributed by atoms with E-state index in [0.29, 0.717) is 0 Å². The van der Waals surface area contributed by atoms with Crippen LogP contribution in [0.2, 0.25) is 0 Å². The van der Waals surface area contributed by atoms with Crippen molar-refractivity contribution in [2.75, 3.05) is 24.7 Å². The number of thiol groups is 1. The molecule has 2 bridgehead atoms. The number of anilines is 2. The highest BCUT2D eigenvalue weighted by molar-refractivity contribution is 8.44. The Morgan fingerprint density at radius 1 is 1.02 bits per heavy atom. The predicted octanol–water partition coefficient (Wildman–Crippen LogP) is 0.719. The Hall–Kier alpha value is -2.62. The Morgan fingerprint density at radius 2 is 1.77 bits per heavy atom. The molecular weight excluding hydrogens is 669 g/mol. The number of aromatic nitrogens is 8. The smallest absolute Gasteiger partial charge is 0.382 e. The molecule has 0 amide bonds. The third-order valence-corrected chi connectivity index (χ3v) is 10.3. The second-order valence-corrected chi connectivity index (χ2v) is 15.7. The lowest BCUT2D eigenvalue weighted by atomic mass is 10.1. The summed E-state index contributed by atoms with van der Waals surface area (Å²) < 4.78 is 66.5. The van der Waals surface area contributed by atoms with E-state index in [1.165, 1.54) is 28.1 Å². The number of hydrogen-bond donors (Lipinski definition) is 5. The predicted molar refractivity (Wildman–Crippen MR) is 154 cm³/mol. The minimum absolute atomic E-state index is 0.0280. The fourth-order valence-electron chi connectivity index (χ4n) is 5.26. The Balaban J connectivity index is 1.19. The Labute approximate surface area is 255 Å². The summed E-state index contributed by atoms with van der Waals surface area (Å²) in [5, 5.41) is 0. The number of nitrogens with one attached hydrogen (secondary N) is 1. The lowest BCUT2D eigenvalue weighted by Crippen LogP contribution is -2.34. The number of hydrogen-bond acceptors (Lipinski definition) is 16. The van der Waals surface area contributed by atoms with E-state index in [1.807, 2.05) is 0 Å². The molecule has 44 heavy (non-hydrogen) atoms. The number of ether oxygens (including phenoxy) is 2. The van der Waals surface area contributed by atoms with Crippen LogP contribution < -0.4 is 17.0 Å². The van der Waals surface area contributed by atoms with Crippen molar-refractivity contribution >= 4 is 71.7 Å². The molecule has 0 saturated carbocycles. The van der Waals surface area contributed by atoms with Gasteiger partial charge in [0.15, 0.2) is 41.3 Å². The SMILES string of the molecule is Nc1nc2c(ncn2[C@@H]2O[C@@H]3COP(O)(=S)OC4C(F)[C@H](n5cnc6c(N)ncnc65)O[C@@H]4COP(=O)(S)OC2C3)c(=O)[nH]1. The van der Waals surface area contributed by atoms with Crippen molar-refractivity contribution in [2.45, 2.75) is 49.5 Å². The van der Waals surface area contributed by atoms with Crippen molar-refractivity contribution in [2.24, 2.45) is 0 Å². The van der Waals surface area contributed by atoms with E-state index < -0.39 is 68.7 Å². The minimum Gasteiger partial charge on any atom is -0.382 e. The molecule has 3 saturated heterocycles. The minimum atomic E-state index is -4.21. The van der Waals surface area contributed by atoms with Crippen LogP contribution in [-0.2, 0) is 43.9 Å². The average molecular weight is 693 g/mol. The van der Waals surface area contributed by atoms with Gasteiger partial charge in [0.2, 0.25) is 5.95 Å². The van der Waals surface area contributed by atoms with E-state index in [0.717, 1.165) is 0 Å². The fraction of sp³-hybridized carbons (Fsp3) is 0.500. The molecule has 0 aromatic carbocycles. The number of fused-ring (bicyclic) bond motifs is 5. The highest BCUT2D eigenvalue weighted by Gasteiger charge is 2.51. The van der Waals surface area contributed by atoms with Gasteiger partial charge in [-0.25, -0.2) is 28.9 Å². The summed E-state index contributed by atoms with van der Waals surface area (Å²) in [6.07, 6.45) is -5.32. The number of nitrogen functional groups attached to an aromatic ring is 2. The van der Waals surface area contributed by atoms with Crippen LogP contribution >= 0.6 is 25.8 Å². The molecule has 0 spiro atoms. The van der Waals surface area contributed by atoms with Gasteiger partial charge in [-0.1, -0.05) is 12.2 Å². The number of nitrogens with zero attached hydrogens (tertiary/aromatic N) is 7. The summed E-state index contributed by atoms with van der Waals surface area (Å²) in [5.41, 5.74) is 11.4. The molecule has 236 valence electrons. The first-order valence-electron chi connectivity index (χ1n) is 12.8. The van der Waals surface area contributed by atoms with Crippen molar-refractivity contribution in [1.29, 1.82) is 0 Å². The van der Waals surface area contributed by atoms with Gasteiger partial charge >= 0.3 is 13.5 Å². The van der Waals surface area contributed by atoms with Crippen molar-refractivity contribution in [3.63, 3.8) is 0 Å². The molecule has 3 fully saturated rings. The summed E-state index contributed by atoms with van der Waals surface area (Å²) in [7, 11) is 0. The van der Waals surface area contributed by atoms with Crippen molar-refractivity contribution < 1.29 is 41.4 Å². The lowest BCUT2D eigenvalue weighted by Gasteiger charge is -2.27. The van der Waals surface area contributed by atoms with Crippen molar-refractivity contribution in [3.8, 4) is 0 Å². The fourth-order valence-corrected chi connectivity index (χ4v) is 8.21. The summed E-state index contributed by atoms with van der Waals surface area (Å²) >= 11 is 9.32. The van der Waals surface area contributed by atoms with E-state index in [1.54, 1.807) is 0 Å². The van der Waals surface area contributed by atoms with Gasteiger partial charge in [0, 0.05) is 6.42 Å². The number of nitrogens with two attached hydrogens (primary N) is 2. The van der Waals surface area contributed by atoms with Crippen LogP contribution in [0.1, 0.15) is 18.9 Å². The van der Waals surface area contributed by atoms with Gasteiger partial charge in [-0.3, -0.25) is 32.5 Å². The van der Waals surface area contributed by atoms with Crippen molar-refractivity contribution in [3.05, 3.63) is 29.3 Å². The molecule has 6 N–H and O–H groups in total. The molecule has 5 unspecified atom stereocenters. The quantitative estimate of drug-likeness (QED) is 0.143. The van der Waals surface area contributed by atoms with Gasteiger partial charge in [0.05, 0.1) is 32.0 Å². The molecular formula is C20H23FN10O9P2S2. The maximum absolute atomic E-state index is 16.0. The van der Waals surface area contributed by atoms with Crippen LogP contribution in [0.25, 0.3) is 22.3 Å². The molecule has 4 aromatic rings. The number of aromatic amines is 1. The average Bonchev–Trinajstić information content (AvgIpc) is 3.72. The van der Waals surface area contributed by atoms with Gasteiger partial charge in [-0.2, -0.15) is 4.98 Å². The summed E-state index contributed by atoms with van der Waals surface area (Å²) in [6.45, 7) is -9.23. The molecule has 3 aliphatic rings. The van der Waals surface area contributed by atoms with Gasteiger partial charge < -0.3 is 30.4 Å². The van der Waals surface area contributed by atoms with Crippen LogP contribution in [0.5, 0.6) is 0 Å².